The van der Waals surface area contributed by atoms with Crippen molar-refractivity contribution >= 4 is 29.6 Å². The van der Waals surface area contributed by atoms with Crippen molar-refractivity contribution in [3.8, 4) is 0 Å². The molecule has 1 aliphatic heterocycles. The number of piperidine rings is 1. The number of rotatable bonds is 11. The maximum absolute atomic E-state index is 12.3. The van der Waals surface area contributed by atoms with Crippen LogP contribution in [0.25, 0.3) is 0 Å². The average molecular weight is 434 g/mol. The molecule has 0 saturated carbocycles. The summed E-state index contributed by atoms with van der Waals surface area (Å²) in [5, 5.41) is 28.0. The second-order valence-corrected chi connectivity index (χ2v) is 8.18. The fourth-order valence-electron chi connectivity index (χ4n) is 3.17. The zero-order chi connectivity index (χ0) is 21.9. The molecule has 1 saturated heterocycles. The van der Waals surface area contributed by atoms with Crippen molar-refractivity contribution in [2.45, 2.75) is 54.9 Å². The molecule has 0 aliphatic carbocycles. The molecule has 30 heavy (non-hydrogen) atoms. The van der Waals surface area contributed by atoms with Gasteiger partial charge in [-0.2, -0.15) is 0 Å². The van der Waals surface area contributed by atoms with Crippen LogP contribution in [0, 0.1) is 0 Å². The van der Waals surface area contributed by atoms with E-state index in [9.17, 15) is 19.5 Å². The lowest BCUT2D eigenvalue weighted by molar-refractivity contribution is -0.137. The Morgan fingerprint density at radius 1 is 1.27 bits per heavy atom. The molecule has 1 aromatic carbocycles. The molecule has 1 heterocycles. The number of nitrogens with zero attached hydrogens (tertiary/aromatic N) is 1. The topological polar surface area (TPSA) is 115 Å². The van der Waals surface area contributed by atoms with E-state index in [1.165, 1.54) is 12.1 Å². The Morgan fingerprint density at radius 3 is 2.80 bits per heavy atom. The first-order valence-electron chi connectivity index (χ1n) is 9.89. The molecule has 0 radical (unpaired) electrons. The van der Waals surface area contributed by atoms with Gasteiger partial charge in [-0.15, -0.1) is 0 Å². The number of carboxylic acid groups (broad SMARTS) is 2. The van der Waals surface area contributed by atoms with Gasteiger partial charge in [-0.05, 0) is 50.0 Å². The van der Waals surface area contributed by atoms with Crippen molar-refractivity contribution in [2.24, 2.45) is 0 Å². The summed E-state index contributed by atoms with van der Waals surface area (Å²) < 4.78 is 0. The summed E-state index contributed by atoms with van der Waals surface area (Å²) >= 11 is 1.14. The number of aromatic carboxylic acids is 1. The summed E-state index contributed by atoms with van der Waals surface area (Å²) in [7, 11) is 0. The van der Waals surface area contributed by atoms with Gasteiger partial charge in [0.15, 0.2) is 0 Å². The summed E-state index contributed by atoms with van der Waals surface area (Å²) in [5.41, 5.74) is -0.699. The Bertz CT molecular complexity index is 807. The average Bonchev–Trinajstić information content (AvgIpc) is 2.70. The lowest BCUT2D eigenvalue weighted by Crippen LogP contribution is -2.42. The molecule has 0 aromatic heterocycles. The normalized spacial score (nSPS) is 18.2. The number of aliphatic carboxylic acids is 1. The number of thioether (sulfide) groups is 1. The van der Waals surface area contributed by atoms with E-state index in [4.69, 9.17) is 10.2 Å². The van der Waals surface area contributed by atoms with Crippen LogP contribution in [-0.2, 0) is 9.59 Å². The molecular weight excluding hydrogens is 406 g/mol. The first kappa shape index (κ1) is 23.7. The van der Waals surface area contributed by atoms with Gasteiger partial charge in [0.05, 0.1) is 11.6 Å². The molecule has 8 heteroatoms. The van der Waals surface area contributed by atoms with Gasteiger partial charge in [0.1, 0.15) is 5.44 Å². The molecule has 1 aromatic rings. The Labute approximate surface area is 180 Å². The second-order valence-electron chi connectivity index (χ2n) is 6.99. The quantitative estimate of drug-likeness (QED) is 0.212. The van der Waals surface area contributed by atoms with E-state index < -0.39 is 17.4 Å². The van der Waals surface area contributed by atoms with Gasteiger partial charge in [0, 0.05) is 24.3 Å². The number of amides is 1. The maximum atomic E-state index is 12.3. The maximum Gasteiger partial charge on any atom is 0.335 e. The van der Waals surface area contributed by atoms with E-state index in [-0.39, 0.29) is 23.9 Å². The molecule has 1 amide bonds. The van der Waals surface area contributed by atoms with Crippen LogP contribution in [0.1, 0.15) is 48.9 Å². The molecule has 162 valence electrons. The largest absolute Gasteiger partial charge is 0.481 e. The zero-order valence-electron chi connectivity index (χ0n) is 16.6. The predicted molar refractivity (Wildman–Crippen MR) is 114 cm³/mol. The molecule has 0 bridgehead atoms. The summed E-state index contributed by atoms with van der Waals surface area (Å²) in [5.74, 6) is -1.77. The summed E-state index contributed by atoms with van der Waals surface area (Å²) in [6.07, 6.45) is 10.7. The van der Waals surface area contributed by atoms with Crippen molar-refractivity contribution in [3.63, 3.8) is 0 Å². The number of hydrogen-bond acceptors (Lipinski definition) is 5. The van der Waals surface area contributed by atoms with Crippen LogP contribution in [0.3, 0.4) is 0 Å². The van der Waals surface area contributed by atoms with Crippen LogP contribution in [-0.4, -0.2) is 56.1 Å². The fourth-order valence-corrected chi connectivity index (χ4v) is 3.97. The molecule has 1 aliphatic rings. The highest BCUT2D eigenvalue weighted by Gasteiger charge is 2.25. The van der Waals surface area contributed by atoms with Gasteiger partial charge in [-0.3, -0.25) is 9.59 Å². The van der Waals surface area contributed by atoms with Gasteiger partial charge in [-0.25, -0.2) is 4.79 Å². The van der Waals surface area contributed by atoms with E-state index in [1.54, 1.807) is 23.1 Å². The van der Waals surface area contributed by atoms with Crippen LogP contribution in [0.4, 0.5) is 0 Å². The predicted octanol–water partition coefficient (Wildman–Crippen LogP) is 3.54. The van der Waals surface area contributed by atoms with Crippen molar-refractivity contribution in [1.29, 1.82) is 0 Å². The minimum absolute atomic E-state index is 0.0578. The highest BCUT2D eigenvalue weighted by molar-refractivity contribution is 7.99. The Balaban J connectivity index is 1.91. The monoisotopic (exact) mass is 433 g/mol. The Hall–Kier alpha value is -2.58. The smallest absolute Gasteiger partial charge is 0.335 e. The zero-order valence-corrected chi connectivity index (χ0v) is 17.5. The molecular formula is C22H27NO6S. The van der Waals surface area contributed by atoms with Crippen LogP contribution in [0.15, 0.2) is 53.5 Å². The third-order valence-corrected chi connectivity index (χ3v) is 5.60. The van der Waals surface area contributed by atoms with E-state index in [0.29, 0.717) is 30.7 Å². The number of aliphatic hydroxyl groups excluding tert-OH is 1. The number of allylic oxidation sites excluding steroid dienone is 1. The number of carboxylic acids is 2. The Kier molecular flexibility index (Phi) is 9.63. The molecule has 7 nitrogen and oxygen atoms in total. The lowest BCUT2D eigenvalue weighted by atomic mass is 10.0. The minimum atomic E-state index is -1.02. The standard InChI is InChI=1S/C22H27NO6S/c24-19-10-6-8-17(23(19)14-4-2-1-3-11-20(25)26)12-13-21(27)30-18-9-5-7-16(15-18)22(28)29/h2,4-5,7,9,12-13,15,17,21,27H,1,3,6,8,10-11,14H2,(H,25,26)(H,28,29)/t17-,21?/m1/s1. The van der Waals surface area contributed by atoms with Crippen molar-refractivity contribution < 1.29 is 29.7 Å². The number of likely N-dealkylation sites (tertiary alicyclic amines) is 1. The molecule has 3 N–H and O–H groups in total. The van der Waals surface area contributed by atoms with E-state index in [1.807, 2.05) is 18.2 Å². The van der Waals surface area contributed by atoms with Crippen molar-refractivity contribution in [1.82, 2.24) is 4.90 Å². The third kappa shape index (κ3) is 8.04. The Morgan fingerprint density at radius 2 is 2.07 bits per heavy atom. The number of carbonyl (C=O) groups is 3. The third-order valence-electron chi connectivity index (χ3n) is 4.68. The van der Waals surface area contributed by atoms with Crippen molar-refractivity contribution in [2.75, 3.05) is 6.54 Å². The number of unbranched alkanes of at least 4 members (excludes halogenated alkanes) is 1. The first-order valence-corrected chi connectivity index (χ1v) is 10.8. The van der Waals surface area contributed by atoms with E-state index in [0.717, 1.165) is 24.6 Å². The van der Waals surface area contributed by atoms with E-state index >= 15 is 0 Å². The van der Waals surface area contributed by atoms with Crippen LogP contribution < -0.4 is 0 Å². The SMILES string of the molecule is O=C(O)CCCC=CCN1C(=O)CCC[C@@H]1C=CC(O)Sc1cccc(C(=O)O)c1. The van der Waals surface area contributed by atoms with E-state index in [2.05, 4.69) is 0 Å². The van der Waals surface area contributed by atoms with Gasteiger partial charge in [0.2, 0.25) is 5.91 Å². The van der Waals surface area contributed by atoms with Crippen LogP contribution in [0.5, 0.6) is 0 Å². The summed E-state index contributed by atoms with van der Waals surface area (Å²) in [6, 6.07) is 6.26. The number of carbonyl (C=O) groups excluding carboxylic acids is 1. The molecule has 2 atom stereocenters. The number of aliphatic hydroxyl groups is 1. The lowest BCUT2D eigenvalue weighted by Gasteiger charge is -2.33. The van der Waals surface area contributed by atoms with Gasteiger partial charge < -0.3 is 20.2 Å². The van der Waals surface area contributed by atoms with Crippen LogP contribution in [0.2, 0.25) is 0 Å². The highest BCUT2D eigenvalue weighted by Crippen LogP contribution is 2.25. The number of benzene rings is 1. The van der Waals surface area contributed by atoms with Crippen LogP contribution >= 0.6 is 11.8 Å². The first-order chi connectivity index (χ1) is 14.4. The number of hydrogen-bond donors (Lipinski definition) is 3. The molecule has 0 spiro atoms. The molecule has 1 fully saturated rings. The minimum Gasteiger partial charge on any atom is -0.481 e. The van der Waals surface area contributed by atoms with Gasteiger partial charge in [-0.1, -0.05) is 36.1 Å². The highest BCUT2D eigenvalue weighted by atomic mass is 32.2. The second kappa shape index (κ2) is 12.2. The molecule has 1 unspecified atom stereocenters. The molecule has 2 rings (SSSR count). The van der Waals surface area contributed by atoms with Gasteiger partial charge >= 0.3 is 11.9 Å². The summed E-state index contributed by atoms with van der Waals surface area (Å²) in [4.78, 5) is 36.3. The fraction of sp³-hybridized carbons (Fsp3) is 0.409. The van der Waals surface area contributed by atoms with Crippen molar-refractivity contribution in [3.05, 3.63) is 54.1 Å². The summed E-state index contributed by atoms with van der Waals surface area (Å²) in [6.45, 7) is 0.449. The van der Waals surface area contributed by atoms with Gasteiger partial charge in [0.25, 0.3) is 0 Å².